The van der Waals surface area contributed by atoms with Gasteiger partial charge in [-0.2, -0.15) is 0 Å². The molecular weight excluding hydrogens is 436 g/mol. The molecule has 2 atom stereocenters. The van der Waals surface area contributed by atoms with Crippen LogP contribution >= 0.6 is 0 Å². The Bertz CT molecular complexity index is 1240. The lowest BCUT2D eigenvalue weighted by molar-refractivity contribution is 0.263. The molecule has 0 N–H and O–H groups in total. The maximum atomic E-state index is 5.94. The lowest BCUT2D eigenvalue weighted by Crippen LogP contribution is -2.28. The first-order valence-electron chi connectivity index (χ1n) is 12.2. The van der Waals surface area contributed by atoms with Crippen LogP contribution in [0.15, 0.2) is 97.1 Å². The lowest BCUT2D eigenvalue weighted by atomic mass is 9.68. The monoisotopic (exact) mass is 462 g/mol. The molecule has 0 bridgehead atoms. The minimum absolute atomic E-state index is 0.238. The molecule has 35 heavy (non-hydrogen) atoms. The predicted octanol–water partition coefficient (Wildman–Crippen LogP) is 5.60. The van der Waals surface area contributed by atoms with Gasteiger partial charge in [0.15, 0.2) is 0 Å². The molecule has 0 amide bonds. The van der Waals surface area contributed by atoms with Crippen molar-refractivity contribution in [2.75, 3.05) is 26.4 Å². The third-order valence-electron chi connectivity index (χ3n) is 7.20. The van der Waals surface area contributed by atoms with Gasteiger partial charge in [0.05, 0.1) is 18.6 Å². The van der Waals surface area contributed by atoms with Gasteiger partial charge in [-0.3, -0.25) is 0 Å². The zero-order valence-corrected chi connectivity index (χ0v) is 19.4. The largest absolute Gasteiger partial charge is 0.491 e. The van der Waals surface area contributed by atoms with Crippen molar-refractivity contribution in [2.24, 2.45) is 0 Å². The topological polar surface area (TPSA) is 43.5 Å². The molecule has 0 spiro atoms. The summed E-state index contributed by atoms with van der Waals surface area (Å²) in [5.41, 5.74) is 7.14. The summed E-state index contributed by atoms with van der Waals surface area (Å²) in [7, 11) is 0. The van der Waals surface area contributed by atoms with Crippen molar-refractivity contribution in [3.05, 3.63) is 119 Å². The van der Waals surface area contributed by atoms with Crippen LogP contribution in [0.5, 0.6) is 11.5 Å². The van der Waals surface area contributed by atoms with Gasteiger partial charge in [0, 0.05) is 0 Å². The van der Waals surface area contributed by atoms with Gasteiger partial charge in [0.25, 0.3) is 0 Å². The molecule has 4 nitrogen and oxygen atoms in total. The summed E-state index contributed by atoms with van der Waals surface area (Å²) < 4.78 is 22.5. The van der Waals surface area contributed by atoms with Gasteiger partial charge in [-0.25, -0.2) is 0 Å². The average molecular weight is 463 g/mol. The first kappa shape index (κ1) is 20.7. The van der Waals surface area contributed by atoms with Crippen molar-refractivity contribution in [3.63, 3.8) is 0 Å². The van der Waals surface area contributed by atoms with Crippen molar-refractivity contribution in [3.8, 4) is 22.6 Å². The maximum Gasteiger partial charge on any atom is 0.119 e. The molecule has 2 saturated heterocycles. The molecule has 1 aliphatic carbocycles. The highest BCUT2D eigenvalue weighted by Gasteiger charge is 2.45. The van der Waals surface area contributed by atoms with E-state index in [0.29, 0.717) is 13.2 Å². The Morgan fingerprint density at radius 1 is 0.571 bits per heavy atom. The third-order valence-corrected chi connectivity index (χ3v) is 7.20. The second-order valence-electron chi connectivity index (χ2n) is 9.42. The molecule has 4 aromatic rings. The van der Waals surface area contributed by atoms with Crippen LogP contribution in [0.25, 0.3) is 11.1 Å². The molecule has 0 saturated carbocycles. The number of fused-ring (bicyclic) bond motifs is 3. The fourth-order valence-electron chi connectivity index (χ4n) is 5.33. The van der Waals surface area contributed by atoms with E-state index in [-0.39, 0.29) is 12.2 Å². The van der Waals surface area contributed by atoms with Crippen molar-refractivity contribution in [1.29, 1.82) is 0 Å². The van der Waals surface area contributed by atoms with Crippen LogP contribution in [0.4, 0.5) is 0 Å². The highest BCUT2D eigenvalue weighted by molar-refractivity contribution is 5.86. The number of ether oxygens (including phenoxy) is 4. The number of rotatable bonds is 8. The van der Waals surface area contributed by atoms with Gasteiger partial charge in [-0.15, -0.1) is 0 Å². The molecular formula is C31H26O4. The minimum Gasteiger partial charge on any atom is -0.491 e. The summed E-state index contributed by atoms with van der Waals surface area (Å²) in [5, 5.41) is 0. The first-order valence-corrected chi connectivity index (χ1v) is 12.2. The number of epoxide rings is 2. The Morgan fingerprint density at radius 3 is 1.37 bits per heavy atom. The molecule has 0 unspecified atom stereocenters. The zero-order chi connectivity index (χ0) is 23.2. The minimum atomic E-state index is -0.427. The van der Waals surface area contributed by atoms with Crippen molar-refractivity contribution >= 4 is 0 Å². The lowest BCUT2D eigenvalue weighted by Gasteiger charge is -2.34. The van der Waals surface area contributed by atoms with Gasteiger partial charge in [0.2, 0.25) is 0 Å². The van der Waals surface area contributed by atoms with E-state index in [1.54, 1.807) is 0 Å². The SMILES string of the molecule is c1ccc2c(c1)-c1ccccc1C2(c1ccc(OC[C@@H]2CO2)cc1)c1ccc(OC[C@H]2CO2)cc1. The summed E-state index contributed by atoms with van der Waals surface area (Å²) in [6.07, 6.45) is 0.476. The van der Waals surface area contributed by atoms with E-state index < -0.39 is 5.41 Å². The van der Waals surface area contributed by atoms with E-state index in [1.807, 2.05) is 0 Å². The van der Waals surface area contributed by atoms with Gasteiger partial charge in [-0.1, -0.05) is 72.8 Å². The predicted molar refractivity (Wildman–Crippen MR) is 134 cm³/mol. The molecule has 2 aliphatic heterocycles. The molecule has 4 aromatic carbocycles. The Morgan fingerprint density at radius 2 is 0.971 bits per heavy atom. The van der Waals surface area contributed by atoms with Gasteiger partial charge in [-0.05, 0) is 57.6 Å². The Balaban J connectivity index is 1.35. The summed E-state index contributed by atoms with van der Waals surface area (Å²) in [6.45, 7) is 2.79. The molecule has 7 rings (SSSR count). The summed E-state index contributed by atoms with van der Waals surface area (Å²) in [6, 6.07) is 34.7. The molecule has 0 aromatic heterocycles. The third kappa shape index (κ3) is 3.61. The van der Waals surface area contributed by atoms with Crippen molar-refractivity contribution in [2.45, 2.75) is 17.6 Å². The zero-order valence-electron chi connectivity index (χ0n) is 19.4. The molecule has 2 fully saturated rings. The molecule has 174 valence electrons. The van der Waals surface area contributed by atoms with Gasteiger partial charge >= 0.3 is 0 Å². The van der Waals surface area contributed by atoms with Gasteiger partial charge < -0.3 is 18.9 Å². The maximum absolute atomic E-state index is 5.94. The van der Waals surface area contributed by atoms with Crippen LogP contribution in [-0.4, -0.2) is 38.6 Å². The van der Waals surface area contributed by atoms with Crippen LogP contribution < -0.4 is 9.47 Å². The van der Waals surface area contributed by atoms with Crippen LogP contribution in [-0.2, 0) is 14.9 Å². The quantitative estimate of drug-likeness (QED) is 0.281. The van der Waals surface area contributed by atoms with E-state index >= 15 is 0 Å². The van der Waals surface area contributed by atoms with Gasteiger partial charge in [0.1, 0.15) is 36.9 Å². The van der Waals surface area contributed by atoms with Crippen molar-refractivity contribution < 1.29 is 18.9 Å². The van der Waals surface area contributed by atoms with Crippen LogP contribution in [0.1, 0.15) is 22.3 Å². The molecule has 2 heterocycles. The summed E-state index contributed by atoms with van der Waals surface area (Å²) >= 11 is 0. The standard InChI is InChI=1S/C31H26O4/c1-3-7-29-27(5-1)28-6-2-4-8-30(28)31(29,21-9-13-23(14-10-21)32-17-25-19-34-25)22-11-15-24(16-12-22)33-18-26-20-35-26/h1-16,25-26H,17-20H2/t25-,26+. The highest BCUT2D eigenvalue weighted by Crippen LogP contribution is 2.56. The molecule has 0 radical (unpaired) electrons. The Hall–Kier alpha value is -3.60. The summed E-state index contributed by atoms with van der Waals surface area (Å²) in [4.78, 5) is 0. The van der Waals surface area contributed by atoms with E-state index in [1.165, 1.54) is 33.4 Å². The van der Waals surface area contributed by atoms with E-state index in [2.05, 4.69) is 97.1 Å². The van der Waals surface area contributed by atoms with E-state index in [4.69, 9.17) is 18.9 Å². The number of benzene rings is 4. The smallest absolute Gasteiger partial charge is 0.119 e. The van der Waals surface area contributed by atoms with Crippen molar-refractivity contribution in [1.82, 2.24) is 0 Å². The van der Waals surface area contributed by atoms with Crippen LogP contribution in [0.2, 0.25) is 0 Å². The van der Waals surface area contributed by atoms with Crippen LogP contribution in [0, 0.1) is 0 Å². The highest BCUT2D eigenvalue weighted by atomic mass is 16.6. The van der Waals surface area contributed by atoms with Crippen LogP contribution in [0.3, 0.4) is 0 Å². The fraction of sp³-hybridized carbons (Fsp3) is 0.226. The number of hydrogen-bond acceptors (Lipinski definition) is 4. The average Bonchev–Trinajstić information content (AvgIpc) is 3.85. The second kappa shape index (κ2) is 8.26. The molecule has 4 heteroatoms. The normalized spacial score (nSPS) is 20.6. The number of hydrogen-bond donors (Lipinski definition) is 0. The Kier molecular flexibility index (Phi) is 4.90. The summed E-state index contributed by atoms with van der Waals surface area (Å²) in [5.74, 6) is 1.73. The van der Waals surface area contributed by atoms with E-state index in [0.717, 1.165) is 24.7 Å². The second-order valence-corrected chi connectivity index (χ2v) is 9.42. The first-order chi connectivity index (χ1) is 17.3. The molecule has 3 aliphatic rings. The van der Waals surface area contributed by atoms with E-state index in [9.17, 15) is 0 Å². The fourth-order valence-corrected chi connectivity index (χ4v) is 5.33. The Labute approximate surface area is 205 Å².